The molecule has 5 heteroatoms. The van der Waals surface area contributed by atoms with Crippen LogP contribution in [0.25, 0.3) is 0 Å². The van der Waals surface area contributed by atoms with Gasteiger partial charge in [0.2, 0.25) is 5.91 Å². The first-order valence-corrected chi connectivity index (χ1v) is 9.55. The number of aromatic nitrogens is 2. The highest BCUT2D eigenvalue weighted by Gasteiger charge is 2.31. The van der Waals surface area contributed by atoms with Crippen LogP contribution in [-0.4, -0.2) is 15.7 Å². The number of benzene rings is 1. The number of aryl methyl sites for hydroxylation is 1. The third-order valence-electron chi connectivity index (χ3n) is 4.84. The summed E-state index contributed by atoms with van der Waals surface area (Å²) in [6, 6.07) is 6.58. The lowest BCUT2D eigenvalue weighted by Gasteiger charge is -2.14. The molecule has 26 heavy (non-hydrogen) atoms. The Kier molecular flexibility index (Phi) is 5.74. The molecule has 1 N–H and O–H groups in total. The normalized spacial score (nSPS) is 15.3. The maximum absolute atomic E-state index is 13.3. The largest absolute Gasteiger partial charge is 0.323 e. The van der Waals surface area contributed by atoms with E-state index in [1.807, 2.05) is 13.0 Å². The molecular weight excluding hydrogens is 329 g/mol. The second-order valence-electron chi connectivity index (χ2n) is 7.85. The van der Waals surface area contributed by atoms with Crippen LogP contribution >= 0.6 is 0 Å². The van der Waals surface area contributed by atoms with Crippen LogP contribution in [0.15, 0.2) is 30.5 Å². The third kappa shape index (κ3) is 4.71. The number of anilines is 1. The quantitative estimate of drug-likeness (QED) is 0.740. The highest BCUT2D eigenvalue weighted by Crippen LogP contribution is 2.43. The van der Waals surface area contributed by atoms with E-state index in [0.717, 1.165) is 17.8 Å². The highest BCUT2D eigenvalue weighted by molar-refractivity contribution is 5.92. The molecule has 140 valence electrons. The number of nitrogens with zero attached hydrogens (tertiary/aromatic N) is 2. The van der Waals surface area contributed by atoms with E-state index in [0.29, 0.717) is 24.7 Å². The van der Waals surface area contributed by atoms with E-state index in [2.05, 4.69) is 28.9 Å². The Labute approximate surface area is 154 Å². The smallest absolute Gasteiger partial charge is 0.227 e. The highest BCUT2D eigenvalue weighted by atomic mass is 19.1. The molecule has 0 spiro atoms. The van der Waals surface area contributed by atoms with Gasteiger partial charge in [-0.25, -0.2) is 4.39 Å². The lowest BCUT2D eigenvalue weighted by molar-refractivity contribution is -0.119. The summed E-state index contributed by atoms with van der Waals surface area (Å²) in [5, 5.41) is 7.57. The molecule has 2 aromatic rings. The molecule has 1 amide bonds. The summed E-state index contributed by atoms with van der Waals surface area (Å²) in [5.41, 5.74) is 2.95. The predicted octanol–water partition coefficient (Wildman–Crippen LogP) is 4.76. The molecule has 0 saturated heterocycles. The maximum atomic E-state index is 13.3. The number of rotatable bonds is 8. The lowest BCUT2D eigenvalue weighted by atomic mass is 10.00. The Morgan fingerprint density at radius 2 is 2.12 bits per heavy atom. The number of hydrogen-bond donors (Lipinski definition) is 1. The summed E-state index contributed by atoms with van der Waals surface area (Å²) in [4.78, 5) is 12.6. The molecule has 1 atom stereocenters. The molecule has 1 heterocycles. The van der Waals surface area contributed by atoms with E-state index < -0.39 is 0 Å². The van der Waals surface area contributed by atoms with Crippen LogP contribution in [0.4, 0.5) is 10.1 Å². The topological polar surface area (TPSA) is 46.9 Å². The van der Waals surface area contributed by atoms with Gasteiger partial charge in [0.25, 0.3) is 0 Å². The second-order valence-corrected chi connectivity index (χ2v) is 7.85. The van der Waals surface area contributed by atoms with Gasteiger partial charge in [0.05, 0.1) is 17.6 Å². The van der Waals surface area contributed by atoms with Gasteiger partial charge in [-0.1, -0.05) is 32.9 Å². The second kappa shape index (κ2) is 8.02. The fourth-order valence-electron chi connectivity index (χ4n) is 3.23. The summed E-state index contributed by atoms with van der Waals surface area (Å²) in [6.45, 7) is 7.14. The minimum atomic E-state index is -0.230. The monoisotopic (exact) mass is 357 g/mol. The Balaban J connectivity index is 1.61. The fraction of sp³-hybridized carbons (Fsp3) is 0.524. The third-order valence-corrected chi connectivity index (χ3v) is 4.84. The number of halogens is 1. The van der Waals surface area contributed by atoms with Crippen LogP contribution in [0.1, 0.15) is 57.2 Å². The van der Waals surface area contributed by atoms with Crippen molar-refractivity contribution in [3.8, 4) is 0 Å². The van der Waals surface area contributed by atoms with E-state index >= 15 is 0 Å². The van der Waals surface area contributed by atoms with Crippen molar-refractivity contribution in [3.05, 3.63) is 47.5 Å². The van der Waals surface area contributed by atoms with Crippen molar-refractivity contribution in [3.63, 3.8) is 0 Å². The van der Waals surface area contributed by atoms with E-state index in [9.17, 15) is 9.18 Å². The Morgan fingerprint density at radius 1 is 1.35 bits per heavy atom. The van der Waals surface area contributed by atoms with Gasteiger partial charge < -0.3 is 5.32 Å². The first kappa shape index (κ1) is 18.6. The molecular formula is C21H28FN3O. The van der Waals surface area contributed by atoms with Crippen LogP contribution in [0.3, 0.4) is 0 Å². The van der Waals surface area contributed by atoms with Gasteiger partial charge in [0.1, 0.15) is 5.82 Å². The predicted molar refractivity (Wildman–Crippen MR) is 102 cm³/mol. The number of carbonyl (C=O) groups is 1. The fourth-order valence-corrected chi connectivity index (χ4v) is 3.23. The average Bonchev–Trinajstić information content (AvgIpc) is 3.35. The Hall–Kier alpha value is -2.17. The van der Waals surface area contributed by atoms with Crippen molar-refractivity contribution in [2.75, 3.05) is 5.32 Å². The van der Waals surface area contributed by atoms with Crippen LogP contribution in [0, 0.1) is 17.7 Å². The zero-order valence-corrected chi connectivity index (χ0v) is 15.8. The first-order valence-electron chi connectivity index (χ1n) is 9.55. The van der Waals surface area contributed by atoms with Crippen LogP contribution in [-0.2, 0) is 17.8 Å². The maximum Gasteiger partial charge on any atom is 0.227 e. The van der Waals surface area contributed by atoms with Gasteiger partial charge in [0, 0.05) is 18.4 Å². The van der Waals surface area contributed by atoms with Crippen molar-refractivity contribution < 1.29 is 9.18 Å². The molecule has 0 aliphatic heterocycles. The number of nitrogens with one attached hydrogen (secondary N) is 1. The van der Waals surface area contributed by atoms with E-state index in [1.54, 1.807) is 12.3 Å². The minimum Gasteiger partial charge on any atom is -0.323 e. The van der Waals surface area contributed by atoms with Crippen LogP contribution in [0.2, 0.25) is 0 Å². The van der Waals surface area contributed by atoms with Gasteiger partial charge in [-0.2, -0.15) is 5.10 Å². The molecule has 1 aliphatic carbocycles. The average molecular weight is 357 g/mol. The number of hydrogen-bond acceptors (Lipinski definition) is 2. The Bertz CT molecular complexity index is 764. The molecule has 0 bridgehead atoms. The van der Waals surface area contributed by atoms with Gasteiger partial charge >= 0.3 is 0 Å². The van der Waals surface area contributed by atoms with E-state index in [4.69, 9.17) is 0 Å². The summed E-state index contributed by atoms with van der Waals surface area (Å²) in [6.07, 6.45) is 5.50. The van der Waals surface area contributed by atoms with Crippen molar-refractivity contribution >= 4 is 11.6 Å². The standard InChI is InChI=1S/C21H28FN3O/c1-14(2)13-25-20(17-9-10-17)19(12-23-25)24-21(26)15(3)7-8-16-5-4-6-18(22)11-16/h4-6,11-12,14-15,17H,7-10,13H2,1-3H3,(H,24,26). The summed E-state index contributed by atoms with van der Waals surface area (Å²) in [5.74, 6) is 0.674. The van der Waals surface area contributed by atoms with Crippen molar-refractivity contribution in [2.45, 2.75) is 58.9 Å². The minimum absolute atomic E-state index is 0.00685. The van der Waals surface area contributed by atoms with Crippen LogP contribution < -0.4 is 5.32 Å². The first-order chi connectivity index (χ1) is 12.4. The van der Waals surface area contributed by atoms with Crippen molar-refractivity contribution in [2.24, 2.45) is 11.8 Å². The molecule has 1 aromatic heterocycles. The lowest BCUT2D eigenvalue weighted by Crippen LogP contribution is -2.21. The molecule has 1 fully saturated rings. The van der Waals surface area contributed by atoms with Gasteiger partial charge in [-0.05, 0) is 49.3 Å². The molecule has 1 aromatic carbocycles. The molecule has 1 saturated carbocycles. The molecule has 1 aliphatic rings. The molecule has 4 nitrogen and oxygen atoms in total. The zero-order valence-electron chi connectivity index (χ0n) is 15.8. The summed E-state index contributed by atoms with van der Waals surface area (Å²) < 4.78 is 15.3. The van der Waals surface area contributed by atoms with Crippen molar-refractivity contribution in [1.82, 2.24) is 9.78 Å². The molecule has 0 radical (unpaired) electrons. The van der Waals surface area contributed by atoms with Gasteiger partial charge in [0.15, 0.2) is 0 Å². The number of amides is 1. The summed E-state index contributed by atoms with van der Waals surface area (Å²) in [7, 11) is 0. The SMILES string of the molecule is CC(C)Cn1ncc(NC(=O)C(C)CCc2cccc(F)c2)c1C1CC1. The Morgan fingerprint density at radius 3 is 2.77 bits per heavy atom. The number of carbonyl (C=O) groups excluding carboxylic acids is 1. The van der Waals surface area contributed by atoms with E-state index in [1.165, 1.54) is 30.7 Å². The van der Waals surface area contributed by atoms with Crippen LogP contribution in [0.5, 0.6) is 0 Å². The van der Waals surface area contributed by atoms with Gasteiger partial charge in [-0.3, -0.25) is 9.48 Å². The van der Waals surface area contributed by atoms with Gasteiger partial charge in [-0.15, -0.1) is 0 Å². The molecule has 3 rings (SSSR count). The summed E-state index contributed by atoms with van der Waals surface area (Å²) >= 11 is 0. The van der Waals surface area contributed by atoms with Crippen molar-refractivity contribution in [1.29, 1.82) is 0 Å². The zero-order chi connectivity index (χ0) is 18.7. The molecule has 1 unspecified atom stereocenters. The van der Waals surface area contributed by atoms with E-state index in [-0.39, 0.29) is 17.6 Å².